The van der Waals surface area contributed by atoms with E-state index in [9.17, 15) is 20.4 Å². The molecule has 0 saturated heterocycles. The highest BCUT2D eigenvalue weighted by atomic mass is 16.5. The molecule has 0 aliphatic rings. The van der Waals surface area contributed by atoms with Crippen molar-refractivity contribution < 1.29 is 29.9 Å². The van der Waals surface area contributed by atoms with Crippen LogP contribution in [0.15, 0.2) is 237 Å². The van der Waals surface area contributed by atoms with Crippen molar-refractivity contribution in [2.75, 3.05) is 28.9 Å². The summed E-state index contributed by atoms with van der Waals surface area (Å²) in [7, 11) is 3.33. The molecule has 348 valence electrons. The van der Waals surface area contributed by atoms with Crippen LogP contribution < -0.4 is 24.2 Å². The van der Waals surface area contributed by atoms with Crippen LogP contribution in [0.2, 0.25) is 0 Å². The molecule has 0 bridgehead atoms. The first-order chi connectivity index (χ1) is 34.7. The number of benzene rings is 10. The molecule has 0 spiro atoms. The van der Waals surface area contributed by atoms with E-state index in [-0.39, 0.29) is 23.0 Å². The molecule has 9 heteroatoms. The van der Waals surface area contributed by atoms with Crippen molar-refractivity contribution in [2.45, 2.75) is 0 Å². The van der Waals surface area contributed by atoms with Gasteiger partial charge in [-0.15, -0.1) is 0 Å². The van der Waals surface area contributed by atoms with Crippen molar-refractivity contribution in [1.29, 1.82) is 0 Å². The predicted molar refractivity (Wildman–Crippen MR) is 287 cm³/mol. The number of anilines is 9. The molecule has 0 heterocycles. The fraction of sp³-hybridized carbons (Fsp3) is 0.0323. The SMILES string of the molecule is COc1ccc(N(c2ccc(OC)cc2)c2ccc(-c3cc(-c4ccc(N(c5ccc(O)cc5)c5ccc(O)cc5)cc4)cc(-c4ccc(N(c5ccc(O)cc5)c5ccc(O)cc5)cc4)c3)cc2)cc1. The Morgan fingerprint density at radius 3 is 0.577 bits per heavy atom. The van der Waals surface area contributed by atoms with Gasteiger partial charge in [0.2, 0.25) is 0 Å². The van der Waals surface area contributed by atoms with Crippen molar-refractivity contribution in [3.05, 3.63) is 237 Å². The van der Waals surface area contributed by atoms with E-state index in [2.05, 4.69) is 106 Å². The van der Waals surface area contributed by atoms with E-state index in [1.807, 2.05) is 97.1 Å². The molecule has 10 aromatic rings. The van der Waals surface area contributed by atoms with E-state index in [4.69, 9.17) is 9.47 Å². The molecule has 4 N–H and O–H groups in total. The lowest BCUT2D eigenvalue weighted by Gasteiger charge is -2.26. The van der Waals surface area contributed by atoms with E-state index in [0.717, 1.165) is 96.1 Å². The van der Waals surface area contributed by atoms with Crippen LogP contribution >= 0.6 is 0 Å². The minimum absolute atomic E-state index is 0.175. The van der Waals surface area contributed by atoms with Gasteiger partial charge in [-0.1, -0.05) is 36.4 Å². The van der Waals surface area contributed by atoms with E-state index in [0.29, 0.717) is 0 Å². The summed E-state index contributed by atoms with van der Waals surface area (Å²) in [6.07, 6.45) is 0. The zero-order chi connectivity index (χ0) is 48.8. The Kier molecular flexibility index (Phi) is 12.7. The normalized spacial score (nSPS) is 10.9. The molecule has 0 unspecified atom stereocenters. The van der Waals surface area contributed by atoms with Gasteiger partial charge in [-0.2, -0.15) is 0 Å². The molecule has 0 aromatic heterocycles. The Hall–Kier alpha value is -9.60. The van der Waals surface area contributed by atoms with Gasteiger partial charge in [0, 0.05) is 51.2 Å². The van der Waals surface area contributed by atoms with Gasteiger partial charge in [-0.3, -0.25) is 0 Å². The smallest absolute Gasteiger partial charge is 0.119 e. The summed E-state index contributed by atoms with van der Waals surface area (Å²) >= 11 is 0. The summed E-state index contributed by atoms with van der Waals surface area (Å²) in [5, 5.41) is 40.5. The highest BCUT2D eigenvalue weighted by Gasteiger charge is 2.18. The zero-order valence-electron chi connectivity index (χ0n) is 39.0. The molecule has 0 radical (unpaired) electrons. The Morgan fingerprint density at radius 1 is 0.225 bits per heavy atom. The third kappa shape index (κ3) is 9.88. The van der Waals surface area contributed by atoms with Crippen LogP contribution in [0.3, 0.4) is 0 Å². The van der Waals surface area contributed by atoms with Crippen LogP contribution in [0.25, 0.3) is 33.4 Å². The summed E-state index contributed by atoms with van der Waals surface area (Å²) in [5.74, 6) is 2.25. The van der Waals surface area contributed by atoms with E-state index in [1.165, 1.54) is 0 Å². The molecule has 0 aliphatic carbocycles. The minimum atomic E-state index is 0.175. The number of phenols is 4. The number of phenolic OH excluding ortho intramolecular Hbond substituents is 4. The Balaban J connectivity index is 1.06. The van der Waals surface area contributed by atoms with Gasteiger partial charge < -0.3 is 44.6 Å². The molecule has 0 fully saturated rings. The topological polar surface area (TPSA) is 109 Å². The van der Waals surface area contributed by atoms with Gasteiger partial charge in [0.15, 0.2) is 0 Å². The predicted octanol–water partition coefficient (Wildman–Crippen LogP) is 15.9. The summed E-state index contributed by atoms with van der Waals surface area (Å²) < 4.78 is 11.0. The van der Waals surface area contributed by atoms with Gasteiger partial charge in [0.1, 0.15) is 34.5 Å². The lowest BCUT2D eigenvalue weighted by molar-refractivity contribution is 0.415. The molecular weight excluding hydrogens is 883 g/mol. The largest absolute Gasteiger partial charge is 0.508 e. The first kappa shape index (κ1) is 45.2. The maximum Gasteiger partial charge on any atom is 0.119 e. The van der Waals surface area contributed by atoms with E-state index in [1.54, 1.807) is 62.8 Å². The van der Waals surface area contributed by atoms with Crippen molar-refractivity contribution >= 4 is 51.2 Å². The van der Waals surface area contributed by atoms with Gasteiger partial charge in [-0.05, 0) is 234 Å². The molecule has 9 nitrogen and oxygen atoms in total. The third-order valence-electron chi connectivity index (χ3n) is 12.4. The van der Waals surface area contributed by atoms with Crippen LogP contribution in [0.1, 0.15) is 0 Å². The van der Waals surface area contributed by atoms with Crippen molar-refractivity contribution in [1.82, 2.24) is 0 Å². The molecular formula is C62H49N3O6. The number of hydrogen-bond acceptors (Lipinski definition) is 9. The molecule has 0 amide bonds. The van der Waals surface area contributed by atoms with Crippen molar-refractivity contribution in [3.63, 3.8) is 0 Å². The van der Waals surface area contributed by atoms with Gasteiger partial charge in [0.05, 0.1) is 14.2 Å². The fourth-order valence-corrected chi connectivity index (χ4v) is 8.75. The molecule has 0 aliphatic heterocycles. The van der Waals surface area contributed by atoms with Crippen LogP contribution in [0.5, 0.6) is 34.5 Å². The lowest BCUT2D eigenvalue weighted by Crippen LogP contribution is -2.09. The average molecular weight is 932 g/mol. The fourth-order valence-electron chi connectivity index (χ4n) is 8.75. The van der Waals surface area contributed by atoms with Crippen LogP contribution in [-0.4, -0.2) is 34.6 Å². The highest BCUT2D eigenvalue weighted by molar-refractivity contribution is 5.86. The zero-order valence-corrected chi connectivity index (χ0v) is 39.0. The molecule has 71 heavy (non-hydrogen) atoms. The van der Waals surface area contributed by atoms with Crippen molar-refractivity contribution in [3.8, 4) is 67.9 Å². The second-order valence-corrected chi connectivity index (χ2v) is 16.9. The minimum Gasteiger partial charge on any atom is -0.508 e. The number of rotatable bonds is 14. The van der Waals surface area contributed by atoms with Gasteiger partial charge in [0.25, 0.3) is 0 Å². The second-order valence-electron chi connectivity index (χ2n) is 16.9. The quantitative estimate of drug-likeness (QED) is 0.0847. The van der Waals surface area contributed by atoms with Crippen LogP contribution in [-0.2, 0) is 0 Å². The molecule has 10 aromatic carbocycles. The van der Waals surface area contributed by atoms with Crippen LogP contribution in [0.4, 0.5) is 51.2 Å². The monoisotopic (exact) mass is 931 g/mol. The Labute approximate surface area is 412 Å². The summed E-state index contributed by atoms with van der Waals surface area (Å²) in [4.78, 5) is 6.36. The highest BCUT2D eigenvalue weighted by Crippen LogP contribution is 2.42. The summed E-state index contributed by atoms with van der Waals surface area (Å²) in [6.45, 7) is 0. The van der Waals surface area contributed by atoms with E-state index < -0.39 is 0 Å². The number of ether oxygens (including phenoxy) is 2. The van der Waals surface area contributed by atoms with Crippen LogP contribution in [0, 0.1) is 0 Å². The molecule has 0 saturated carbocycles. The maximum absolute atomic E-state index is 10.1. The first-order valence-corrected chi connectivity index (χ1v) is 23.0. The first-order valence-electron chi connectivity index (χ1n) is 23.0. The molecule has 0 atom stereocenters. The summed E-state index contributed by atoms with van der Waals surface area (Å²) in [6, 6.07) is 76.3. The molecule has 10 rings (SSSR count). The third-order valence-corrected chi connectivity index (χ3v) is 12.4. The second kappa shape index (κ2) is 19.9. The Morgan fingerprint density at radius 2 is 0.394 bits per heavy atom. The maximum atomic E-state index is 10.1. The van der Waals surface area contributed by atoms with E-state index >= 15 is 0 Å². The number of nitrogens with zero attached hydrogens (tertiary/aromatic N) is 3. The standard InChI is InChI=1S/C62H49N3O6/c1-70-61-35-23-55(24-36-61)65(56-25-37-62(71-2)38-26-56)50-13-7-44(8-14-50)47-40-45(42-3-9-48(10-4-42)63(51-15-27-57(66)28-16-51)52-17-29-58(67)30-18-52)39-46(41-47)43-5-11-49(12-6-43)64(53-19-31-59(68)32-20-53)54-21-33-60(69)34-22-54/h3-41,66-69H,1-2H3. The van der Waals surface area contributed by atoms with Crippen molar-refractivity contribution in [2.24, 2.45) is 0 Å². The Bertz CT molecular complexity index is 3070. The van der Waals surface area contributed by atoms with Gasteiger partial charge >= 0.3 is 0 Å². The number of methoxy groups -OCH3 is 2. The number of aromatic hydroxyl groups is 4. The van der Waals surface area contributed by atoms with Gasteiger partial charge in [-0.25, -0.2) is 0 Å². The average Bonchev–Trinajstić information content (AvgIpc) is 3.42. The summed E-state index contributed by atoms with van der Waals surface area (Å²) in [5.41, 5.74) is 14.3. The lowest BCUT2D eigenvalue weighted by atomic mass is 9.93. The number of hydrogen-bond donors (Lipinski definition) is 4.